The summed E-state index contributed by atoms with van der Waals surface area (Å²) in [5, 5.41) is -0.217. The predicted molar refractivity (Wildman–Crippen MR) is 72.1 cm³/mol. The number of benzene rings is 1. The minimum Gasteiger partial charge on any atom is -0.299 e. The summed E-state index contributed by atoms with van der Waals surface area (Å²) in [6.45, 7) is 3.65. The van der Waals surface area contributed by atoms with Crippen molar-refractivity contribution in [3.8, 4) is 0 Å². The third-order valence-electron chi connectivity index (χ3n) is 2.86. The van der Waals surface area contributed by atoms with Crippen LogP contribution in [0.4, 0.5) is 0 Å². The summed E-state index contributed by atoms with van der Waals surface area (Å²) in [4.78, 5) is 22.8. The van der Waals surface area contributed by atoms with Gasteiger partial charge in [0.15, 0.2) is 5.12 Å². The van der Waals surface area contributed by atoms with Crippen LogP contribution in [-0.4, -0.2) is 10.9 Å². The van der Waals surface area contributed by atoms with Gasteiger partial charge < -0.3 is 0 Å². The molecule has 0 unspecified atom stereocenters. The largest absolute Gasteiger partial charge is 0.299 e. The highest BCUT2D eigenvalue weighted by Crippen LogP contribution is 2.15. The highest BCUT2D eigenvalue weighted by atomic mass is 32.1. The average molecular weight is 250 g/mol. The molecule has 0 radical (unpaired) electrons. The maximum absolute atomic E-state index is 11.9. The zero-order valence-corrected chi connectivity index (χ0v) is 11.1. The van der Waals surface area contributed by atoms with Crippen molar-refractivity contribution in [2.75, 3.05) is 0 Å². The second kappa shape index (κ2) is 6.60. The minimum atomic E-state index is -0.288. The first-order chi connectivity index (χ1) is 8.00. The molecule has 1 rings (SSSR count). The zero-order valence-electron chi connectivity index (χ0n) is 10.2. The second-order valence-corrected chi connectivity index (χ2v) is 4.94. The third-order valence-corrected chi connectivity index (χ3v) is 3.30. The van der Waals surface area contributed by atoms with Crippen molar-refractivity contribution in [1.82, 2.24) is 0 Å². The Morgan fingerprint density at radius 2 is 1.71 bits per heavy atom. The Morgan fingerprint density at radius 1 is 1.12 bits per heavy atom. The van der Waals surface area contributed by atoms with Crippen molar-refractivity contribution < 1.29 is 9.59 Å². The van der Waals surface area contributed by atoms with Gasteiger partial charge in [0.1, 0.15) is 5.78 Å². The van der Waals surface area contributed by atoms with Crippen molar-refractivity contribution in [2.45, 2.75) is 26.7 Å². The number of carbonyl (C=O) groups is 2. The van der Waals surface area contributed by atoms with Crippen LogP contribution in [0.25, 0.3) is 0 Å². The summed E-state index contributed by atoms with van der Waals surface area (Å²) in [6, 6.07) is 9.91. The van der Waals surface area contributed by atoms with Crippen LogP contribution in [-0.2, 0) is 16.0 Å². The van der Waals surface area contributed by atoms with Crippen molar-refractivity contribution in [1.29, 1.82) is 0 Å². The molecule has 1 aromatic carbocycles. The molecule has 0 aromatic heterocycles. The quantitative estimate of drug-likeness (QED) is 0.788. The van der Waals surface area contributed by atoms with E-state index in [4.69, 9.17) is 0 Å². The SMILES string of the molecule is C[C@@H](CC(=O)[C@@H](C)Cc1ccccc1)C(=O)S. The number of hydrogen-bond donors (Lipinski definition) is 1. The molecule has 1 aromatic rings. The Labute approximate surface area is 108 Å². The number of Topliss-reactive ketones (excluding diaryl/α,β-unsaturated/α-hetero) is 1. The standard InChI is InChI=1S/C14H18O2S/c1-10(8-12-6-4-3-5-7-12)13(15)9-11(2)14(16)17/h3-7,10-11H,8-9H2,1-2H3,(H,16,17)/t10-,11-/m0/s1. The second-order valence-electron chi connectivity index (χ2n) is 4.50. The number of hydrogen-bond acceptors (Lipinski definition) is 2. The van der Waals surface area contributed by atoms with E-state index in [1.165, 1.54) is 0 Å². The van der Waals surface area contributed by atoms with Gasteiger partial charge in [-0.3, -0.25) is 9.59 Å². The Kier molecular flexibility index (Phi) is 5.42. The van der Waals surface area contributed by atoms with Crippen LogP contribution in [0.3, 0.4) is 0 Å². The van der Waals surface area contributed by atoms with Gasteiger partial charge in [-0.25, -0.2) is 0 Å². The summed E-state index contributed by atoms with van der Waals surface area (Å²) < 4.78 is 0. The van der Waals surface area contributed by atoms with Crippen molar-refractivity contribution >= 4 is 23.5 Å². The maximum atomic E-state index is 11.9. The van der Waals surface area contributed by atoms with E-state index in [1.54, 1.807) is 6.92 Å². The summed E-state index contributed by atoms with van der Waals surface area (Å²) in [5.41, 5.74) is 1.15. The van der Waals surface area contributed by atoms with Gasteiger partial charge in [0, 0.05) is 18.3 Å². The highest BCUT2D eigenvalue weighted by Gasteiger charge is 2.19. The molecule has 2 nitrogen and oxygen atoms in total. The first kappa shape index (κ1) is 14.0. The fourth-order valence-corrected chi connectivity index (χ4v) is 1.76. The molecule has 0 saturated heterocycles. The predicted octanol–water partition coefficient (Wildman–Crippen LogP) is 2.92. The van der Waals surface area contributed by atoms with Gasteiger partial charge in [-0.05, 0) is 12.0 Å². The van der Waals surface area contributed by atoms with Crippen LogP contribution in [0, 0.1) is 11.8 Å². The lowest BCUT2D eigenvalue weighted by molar-refractivity contribution is -0.125. The van der Waals surface area contributed by atoms with Crippen LogP contribution in [0.1, 0.15) is 25.8 Å². The molecule has 0 heterocycles. The molecule has 2 atom stereocenters. The van der Waals surface area contributed by atoms with Crippen molar-refractivity contribution in [3.63, 3.8) is 0 Å². The van der Waals surface area contributed by atoms with Gasteiger partial charge in [0.25, 0.3) is 0 Å². The van der Waals surface area contributed by atoms with E-state index in [0.29, 0.717) is 0 Å². The van der Waals surface area contributed by atoms with E-state index in [-0.39, 0.29) is 29.2 Å². The van der Waals surface area contributed by atoms with Gasteiger partial charge in [-0.2, -0.15) is 0 Å². The Morgan fingerprint density at radius 3 is 2.24 bits per heavy atom. The van der Waals surface area contributed by atoms with Crippen molar-refractivity contribution in [2.24, 2.45) is 11.8 Å². The van der Waals surface area contributed by atoms with Gasteiger partial charge in [-0.15, -0.1) is 12.6 Å². The van der Waals surface area contributed by atoms with E-state index >= 15 is 0 Å². The average Bonchev–Trinajstić information content (AvgIpc) is 2.29. The molecule has 0 saturated carbocycles. The topological polar surface area (TPSA) is 34.1 Å². The molecule has 0 aliphatic carbocycles. The van der Waals surface area contributed by atoms with Gasteiger partial charge >= 0.3 is 0 Å². The first-order valence-corrected chi connectivity index (χ1v) is 6.25. The number of rotatable bonds is 6. The van der Waals surface area contributed by atoms with Crippen LogP contribution in [0.15, 0.2) is 30.3 Å². The first-order valence-electron chi connectivity index (χ1n) is 5.80. The molecule has 17 heavy (non-hydrogen) atoms. The van der Waals surface area contributed by atoms with Crippen LogP contribution in [0.5, 0.6) is 0 Å². The number of thiol groups is 1. The summed E-state index contributed by atoms with van der Waals surface area (Å²) >= 11 is 3.74. The highest BCUT2D eigenvalue weighted by molar-refractivity contribution is 7.96. The third kappa shape index (κ3) is 4.73. The molecular weight excluding hydrogens is 232 g/mol. The Balaban J connectivity index is 2.50. The Bertz CT molecular complexity index is 386. The molecule has 0 N–H and O–H groups in total. The van der Waals surface area contributed by atoms with Crippen LogP contribution in [0.2, 0.25) is 0 Å². The van der Waals surface area contributed by atoms with Crippen LogP contribution < -0.4 is 0 Å². The Hall–Kier alpha value is -1.09. The molecular formula is C14H18O2S. The molecule has 0 spiro atoms. The molecule has 0 aliphatic rings. The summed E-state index contributed by atoms with van der Waals surface area (Å²) in [7, 11) is 0. The maximum Gasteiger partial charge on any atom is 0.189 e. The van der Waals surface area contributed by atoms with E-state index in [9.17, 15) is 9.59 Å². The fraction of sp³-hybridized carbons (Fsp3) is 0.429. The molecule has 3 heteroatoms. The number of carbonyl (C=O) groups excluding carboxylic acids is 2. The lowest BCUT2D eigenvalue weighted by Crippen LogP contribution is -2.19. The molecule has 92 valence electrons. The smallest absolute Gasteiger partial charge is 0.189 e. The number of ketones is 1. The molecule has 0 amide bonds. The molecule has 0 aliphatic heterocycles. The normalized spacial score (nSPS) is 14.1. The summed E-state index contributed by atoms with van der Waals surface area (Å²) in [6.07, 6.45) is 1.02. The van der Waals surface area contributed by atoms with E-state index < -0.39 is 0 Å². The molecule has 0 bridgehead atoms. The van der Waals surface area contributed by atoms with Crippen LogP contribution >= 0.6 is 12.6 Å². The van der Waals surface area contributed by atoms with E-state index in [1.807, 2.05) is 37.3 Å². The van der Waals surface area contributed by atoms with E-state index in [2.05, 4.69) is 12.6 Å². The van der Waals surface area contributed by atoms with Crippen molar-refractivity contribution in [3.05, 3.63) is 35.9 Å². The molecule has 0 fully saturated rings. The monoisotopic (exact) mass is 250 g/mol. The van der Waals surface area contributed by atoms with Gasteiger partial charge in [0.2, 0.25) is 0 Å². The van der Waals surface area contributed by atoms with Gasteiger partial charge in [0.05, 0.1) is 0 Å². The zero-order chi connectivity index (χ0) is 12.8. The minimum absolute atomic E-state index is 0.0486. The van der Waals surface area contributed by atoms with Gasteiger partial charge in [-0.1, -0.05) is 44.2 Å². The van der Waals surface area contributed by atoms with E-state index in [0.717, 1.165) is 12.0 Å². The summed E-state index contributed by atoms with van der Waals surface area (Å²) in [5.74, 6) is -0.208. The fourth-order valence-electron chi connectivity index (χ4n) is 1.67. The lowest BCUT2D eigenvalue weighted by Gasteiger charge is -2.12. The lowest BCUT2D eigenvalue weighted by atomic mass is 9.92.